The number of nitrogens with zero attached hydrogens (tertiary/aromatic N) is 6. The highest BCUT2D eigenvalue weighted by atomic mass is 16.5. The van der Waals surface area contributed by atoms with Crippen LogP contribution < -0.4 is 20.3 Å². The Hall–Kier alpha value is -3.79. The molecule has 170 valence electrons. The van der Waals surface area contributed by atoms with E-state index in [9.17, 15) is 4.79 Å². The number of anilines is 2. The number of piperazine rings is 1. The molecule has 0 aliphatic carbocycles. The first-order valence-electron chi connectivity index (χ1n) is 10.9. The molecule has 1 aliphatic heterocycles. The lowest BCUT2D eigenvalue weighted by atomic mass is 10.1. The van der Waals surface area contributed by atoms with Crippen LogP contribution in [-0.2, 0) is 0 Å². The zero-order chi connectivity index (χ0) is 23.1. The third-order valence-electron chi connectivity index (χ3n) is 5.70. The van der Waals surface area contributed by atoms with Crippen LogP contribution in [0.3, 0.4) is 0 Å². The summed E-state index contributed by atoms with van der Waals surface area (Å²) in [5.41, 5.74) is 3.62. The van der Waals surface area contributed by atoms with Crippen molar-refractivity contribution in [3.05, 3.63) is 48.3 Å². The molecule has 4 aromatic rings. The Balaban J connectivity index is 1.50. The van der Waals surface area contributed by atoms with Gasteiger partial charge in [0.15, 0.2) is 17.2 Å². The number of aryl methyl sites for hydroxylation is 1. The Bertz CT molecular complexity index is 1340. The summed E-state index contributed by atoms with van der Waals surface area (Å²) >= 11 is 0. The second-order valence-corrected chi connectivity index (χ2v) is 8.49. The topological polar surface area (TPSA) is 110 Å². The quantitative estimate of drug-likeness (QED) is 0.492. The average Bonchev–Trinajstić information content (AvgIpc) is 3.17. The molecule has 2 N–H and O–H groups in total. The number of methoxy groups -OCH3 is 1. The lowest BCUT2D eigenvalue weighted by molar-refractivity contribution is 0.102. The number of amides is 1. The number of aromatic nitrogens is 5. The van der Waals surface area contributed by atoms with E-state index in [2.05, 4.69) is 49.3 Å². The number of hydrogen-bond acceptors (Lipinski definition) is 8. The van der Waals surface area contributed by atoms with Crippen LogP contribution in [0.25, 0.3) is 16.7 Å². The zero-order valence-electron chi connectivity index (χ0n) is 19.0. The molecule has 10 nitrogen and oxygen atoms in total. The van der Waals surface area contributed by atoms with Gasteiger partial charge in [0, 0.05) is 62.2 Å². The normalized spacial score (nSPS) is 18.6. The molecule has 5 heterocycles. The Labute approximate surface area is 191 Å². The molecule has 1 aliphatic rings. The van der Waals surface area contributed by atoms with Gasteiger partial charge >= 0.3 is 0 Å². The van der Waals surface area contributed by atoms with Crippen LogP contribution in [0, 0.1) is 6.92 Å². The van der Waals surface area contributed by atoms with Crippen molar-refractivity contribution in [2.45, 2.75) is 32.9 Å². The van der Waals surface area contributed by atoms with Gasteiger partial charge in [-0.3, -0.25) is 9.78 Å². The molecule has 0 bridgehead atoms. The third-order valence-corrected chi connectivity index (χ3v) is 5.70. The van der Waals surface area contributed by atoms with Crippen molar-refractivity contribution in [3.8, 4) is 5.75 Å². The summed E-state index contributed by atoms with van der Waals surface area (Å²) in [6.45, 7) is 7.80. The molecule has 4 aromatic heterocycles. The van der Waals surface area contributed by atoms with Gasteiger partial charge in [0.05, 0.1) is 24.1 Å². The first kappa shape index (κ1) is 21.1. The van der Waals surface area contributed by atoms with Crippen molar-refractivity contribution in [2.24, 2.45) is 0 Å². The Morgan fingerprint density at radius 1 is 1.12 bits per heavy atom. The summed E-state index contributed by atoms with van der Waals surface area (Å²) in [6, 6.07) is 2.39. The maximum atomic E-state index is 13.3. The SMILES string of the molecule is COc1cc(NC(=O)c2cnc(N3C[C@@H](C)N[C@@H](C)C3)c3nccnc23)cn2cc(C)nc12. The van der Waals surface area contributed by atoms with E-state index in [-0.39, 0.29) is 5.91 Å². The third kappa shape index (κ3) is 3.93. The molecular weight excluding hydrogens is 420 g/mol. The number of carbonyl (C=O) groups is 1. The van der Waals surface area contributed by atoms with Gasteiger partial charge in [-0.25, -0.2) is 15.0 Å². The molecule has 1 fully saturated rings. The van der Waals surface area contributed by atoms with E-state index in [1.807, 2.05) is 17.5 Å². The highest BCUT2D eigenvalue weighted by molar-refractivity contribution is 6.12. The average molecular weight is 447 g/mol. The largest absolute Gasteiger partial charge is 0.493 e. The van der Waals surface area contributed by atoms with Crippen molar-refractivity contribution >= 4 is 34.1 Å². The number of carbonyl (C=O) groups excluding carboxylic acids is 1. The van der Waals surface area contributed by atoms with Crippen molar-refractivity contribution in [1.82, 2.24) is 29.7 Å². The van der Waals surface area contributed by atoms with E-state index in [1.165, 1.54) is 0 Å². The van der Waals surface area contributed by atoms with Gasteiger partial charge in [0.2, 0.25) is 0 Å². The molecule has 0 spiro atoms. The lowest BCUT2D eigenvalue weighted by Gasteiger charge is -2.37. The molecule has 0 unspecified atom stereocenters. The first-order chi connectivity index (χ1) is 15.9. The van der Waals surface area contributed by atoms with E-state index >= 15 is 0 Å². The van der Waals surface area contributed by atoms with E-state index in [4.69, 9.17) is 4.74 Å². The maximum Gasteiger partial charge on any atom is 0.259 e. The van der Waals surface area contributed by atoms with Gasteiger partial charge in [-0.15, -0.1) is 0 Å². The number of imidazole rings is 1. The second kappa shape index (κ2) is 8.28. The minimum atomic E-state index is -0.320. The Morgan fingerprint density at radius 2 is 1.85 bits per heavy atom. The van der Waals surface area contributed by atoms with Gasteiger partial charge in [-0.1, -0.05) is 0 Å². The van der Waals surface area contributed by atoms with E-state index < -0.39 is 0 Å². The first-order valence-corrected chi connectivity index (χ1v) is 10.9. The fourth-order valence-electron chi connectivity index (χ4n) is 4.45. The molecule has 0 saturated carbocycles. The van der Waals surface area contributed by atoms with Gasteiger partial charge in [-0.05, 0) is 20.8 Å². The van der Waals surface area contributed by atoms with Gasteiger partial charge < -0.3 is 24.7 Å². The molecule has 1 amide bonds. The summed E-state index contributed by atoms with van der Waals surface area (Å²) in [4.78, 5) is 33.6. The molecule has 10 heteroatoms. The molecular formula is C23H26N8O2. The summed E-state index contributed by atoms with van der Waals surface area (Å²) in [5.74, 6) is 0.993. The number of hydrogen-bond donors (Lipinski definition) is 2. The molecule has 0 radical (unpaired) electrons. The van der Waals surface area contributed by atoms with Crippen molar-refractivity contribution < 1.29 is 9.53 Å². The number of nitrogens with one attached hydrogen (secondary N) is 2. The summed E-state index contributed by atoms with van der Waals surface area (Å²) in [5, 5.41) is 6.46. The monoisotopic (exact) mass is 446 g/mol. The predicted molar refractivity (Wildman–Crippen MR) is 126 cm³/mol. The van der Waals surface area contributed by atoms with Crippen LogP contribution in [0.4, 0.5) is 11.5 Å². The van der Waals surface area contributed by atoms with Gasteiger partial charge in [0.25, 0.3) is 5.91 Å². The van der Waals surface area contributed by atoms with Crippen molar-refractivity contribution in [2.75, 3.05) is 30.4 Å². The minimum absolute atomic E-state index is 0.320. The molecule has 1 saturated heterocycles. The van der Waals surface area contributed by atoms with Crippen molar-refractivity contribution in [3.63, 3.8) is 0 Å². The molecule has 2 atom stereocenters. The predicted octanol–water partition coefficient (Wildman–Crippen LogP) is 2.43. The molecule has 5 rings (SSSR count). The fourth-order valence-corrected chi connectivity index (χ4v) is 4.45. The standard InChI is InChI=1S/C23H26N8O2/c1-13-9-30(10-14(2)27-13)22-20-19(24-5-6-25-20)17(8-26-22)23(32)29-16-7-18(33-4)21-28-15(3)11-31(21)12-16/h5-8,11-14,27H,9-10H2,1-4H3,(H,29,32)/t13-,14+. The Morgan fingerprint density at radius 3 is 2.58 bits per heavy atom. The fraction of sp³-hybridized carbons (Fsp3) is 0.348. The maximum absolute atomic E-state index is 13.3. The summed E-state index contributed by atoms with van der Waals surface area (Å²) in [7, 11) is 1.58. The number of fused-ring (bicyclic) bond motifs is 2. The Kier molecular flexibility index (Phi) is 5.29. The minimum Gasteiger partial charge on any atom is -0.493 e. The van der Waals surface area contributed by atoms with E-state index in [0.717, 1.165) is 24.6 Å². The van der Waals surface area contributed by atoms with Crippen LogP contribution >= 0.6 is 0 Å². The number of rotatable bonds is 4. The second-order valence-electron chi connectivity index (χ2n) is 8.49. The van der Waals surface area contributed by atoms with Gasteiger partial charge in [0.1, 0.15) is 11.0 Å². The molecule has 33 heavy (non-hydrogen) atoms. The summed E-state index contributed by atoms with van der Waals surface area (Å²) in [6.07, 6.45) is 8.48. The zero-order valence-corrected chi connectivity index (χ0v) is 19.0. The van der Waals surface area contributed by atoms with Crippen molar-refractivity contribution in [1.29, 1.82) is 0 Å². The number of pyridine rings is 2. The highest BCUT2D eigenvalue weighted by Gasteiger charge is 2.25. The molecule has 0 aromatic carbocycles. The van der Waals surface area contributed by atoms with Crippen LogP contribution in [0.15, 0.2) is 37.1 Å². The van der Waals surface area contributed by atoms with Crippen LogP contribution in [0.5, 0.6) is 5.75 Å². The van der Waals surface area contributed by atoms with Gasteiger partial charge in [-0.2, -0.15) is 0 Å². The number of ether oxygens (including phenoxy) is 1. The van der Waals surface area contributed by atoms with Crippen LogP contribution in [-0.4, -0.2) is 62.5 Å². The highest BCUT2D eigenvalue weighted by Crippen LogP contribution is 2.27. The van der Waals surface area contributed by atoms with Crippen LogP contribution in [0.2, 0.25) is 0 Å². The van der Waals surface area contributed by atoms with Crippen LogP contribution in [0.1, 0.15) is 29.9 Å². The smallest absolute Gasteiger partial charge is 0.259 e. The van der Waals surface area contributed by atoms with E-state index in [0.29, 0.717) is 45.8 Å². The summed E-state index contributed by atoms with van der Waals surface area (Å²) < 4.78 is 7.29. The lowest BCUT2D eigenvalue weighted by Crippen LogP contribution is -2.54. The van der Waals surface area contributed by atoms with E-state index in [1.54, 1.807) is 38.0 Å².